The van der Waals surface area contributed by atoms with Crippen LogP contribution in [0, 0.1) is 0 Å². The number of methoxy groups -OCH3 is 2. The van der Waals surface area contributed by atoms with E-state index in [-0.39, 0.29) is 45.6 Å². The Bertz CT molecular complexity index is 2850. The molecule has 0 aromatic heterocycles. The van der Waals surface area contributed by atoms with Crippen molar-refractivity contribution in [2.45, 2.75) is 142 Å². The quantitative estimate of drug-likeness (QED) is 0.0229. The molecule has 10 nitrogen and oxygen atoms in total. The second-order valence-electron chi connectivity index (χ2n) is 20.5. The molecule has 0 saturated carbocycles. The summed E-state index contributed by atoms with van der Waals surface area (Å²) in [6, 6.07) is 46.4. The van der Waals surface area contributed by atoms with Crippen molar-refractivity contribution in [2.24, 2.45) is 0 Å². The zero-order chi connectivity index (χ0) is 56.3. The third kappa shape index (κ3) is 18.6. The molecule has 418 valence electrons. The van der Waals surface area contributed by atoms with Crippen LogP contribution in [0.15, 0.2) is 158 Å². The first-order chi connectivity index (χ1) is 39.1. The molecule has 0 unspecified atom stereocenters. The van der Waals surface area contributed by atoms with Gasteiger partial charge in [0.25, 0.3) is 0 Å². The van der Waals surface area contributed by atoms with Crippen molar-refractivity contribution >= 4 is 23.9 Å². The Morgan fingerprint density at radius 1 is 0.300 bits per heavy atom. The van der Waals surface area contributed by atoms with Gasteiger partial charge in [-0.3, -0.25) is 0 Å². The maximum absolute atomic E-state index is 13.4. The van der Waals surface area contributed by atoms with E-state index in [4.69, 9.17) is 28.4 Å². The van der Waals surface area contributed by atoms with Crippen molar-refractivity contribution in [3.63, 3.8) is 0 Å². The molecule has 0 aliphatic rings. The van der Waals surface area contributed by atoms with Crippen molar-refractivity contribution in [1.29, 1.82) is 0 Å². The smallest absolute Gasteiger partial charge is 0.343 e. The van der Waals surface area contributed by atoms with E-state index in [2.05, 4.69) is 62.4 Å². The Kier molecular flexibility index (Phi) is 24.0. The molecule has 0 heterocycles. The zero-order valence-electron chi connectivity index (χ0n) is 47.2. The number of carbonyl (C=O) groups excluding carboxylic acids is 4. The standard InChI is InChI=1S/C70H78O10/c1-5-7-9-11-13-15-17-19-21-24-51-28-32-53(33-29-51)55-36-40-57(41-37-55)67(71)79-63-46-44-59(48-65(63)75-3)69(73)77-61-26-23-27-62(50-61)78-70(74)60-45-47-64(66(49-60)76-4)80-68(72)58-42-38-56(39-43-58)54-34-30-52(31-35-54)25-22-20-18-16-14-12-10-8-6-2/h23,26-50H,5-22,24-25H2,1-4H3. The minimum atomic E-state index is -0.730. The van der Waals surface area contributed by atoms with Gasteiger partial charge in [0.05, 0.1) is 36.5 Å². The fourth-order valence-corrected chi connectivity index (χ4v) is 9.61. The van der Waals surface area contributed by atoms with Crippen LogP contribution < -0.4 is 28.4 Å². The second-order valence-corrected chi connectivity index (χ2v) is 20.5. The highest BCUT2D eigenvalue weighted by molar-refractivity contribution is 5.95. The molecule has 7 rings (SSSR count). The van der Waals surface area contributed by atoms with E-state index < -0.39 is 23.9 Å². The molecule has 80 heavy (non-hydrogen) atoms. The van der Waals surface area contributed by atoms with Gasteiger partial charge in [-0.25, -0.2) is 19.2 Å². The lowest BCUT2D eigenvalue weighted by molar-refractivity contribution is 0.0718. The SMILES string of the molecule is CCCCCCCCCCCc1ccc(-c2ccc(C(=O)Oc3ccc(C(=O)Oc4cccc(OC(=O)c5ccc(OC(=O)c6ccc(-c7ccc(CCCCCCCCCCC)cc7)cc6)c(OC)c5)c4)cc3OC)cc2)cc1. The molecule has 0 aliphatic heterocycles. The Morgan fingerprint density at radius 2 is 0.600 bits per heavy atom. The van der Waals surface area contributed by atoms with Crippen LogP contribution in [-0.2, 0) is 12.8 Å². The lowest BCUT2D eigenvalue weighted by Crippen LogP contribution is -2.12. The summed E-state index contributed by atoms with van der Waals surface area (Å²) in [5, 5.41) is 0. The molecular weight excluding hydrogens is 1000 g/mol. The van der Waals surface area contributed by atoms with Crippen LogP contribution in [0.4, 0.5) is 0 Å². The molecule has 0 atom stereocenters. The number of carbonyl (C=O) groups is 4. The van der Waals surface area contributed by atoms with Crippen molar-refractivity contribution < 1.29 is 47.6 Å². The molecule has 10 heteroatoms. The molecule has 0 radical (unpaired) electrons. The summed E-state index contributed by atoms with van der Waals surface area (Å²) in [4.78, 5) is 53.2. The fraction of sp³-hybridized carbons (Fsp3) is 0.343. The van der Waals surface area contributed by atoms with Gasteiger partial charge >= 0.3 is 23.9 Å². The van der Waals surface area contributed by atoms with Crippen LogP contribution in [0.5, 0.6) is 34.5 Å². The predicted octanol–water partition coefficient (Wildman–Crippen LogP) is 18.1. The van der Waals surface area contributed by atoms with Gasteiger partial charge in [-0.05, 0) is 132 Å². The fourth-order valence-electron chi connectivity index (χ4n) is 9.61. The zero-order valence-corrected chi connectivity index (χ0v) is 47.2. The Balaban J connectivity index is 0.855. The van der Waals surface area contributed by atoms with Crippen molar-refractivity contribution in [3.8, 4) is 56.8 Å². The van der Waals surface area contributed by atoms with Crippen molar-refractivity contribution in [2.75, 3.05) is 14.2 Å². The number of rotatable bonds is 32. The largest absolute Gasteiger partial charge is 0.493 e. The molecule has 0 aliphatic carbocycles. The summed E-state index contributed by atoms with van der Waals surface area (Å²) in [5.74, 6) is -1.87. The molecule has 0 saturated heterocycles. The van der Waals surface area contributed by atoms with E-state index in [1.165, 1.54) is 183 Å². The van der Waals surface area contributed by atoms with E-state index in [1.807, 2.05) is 24.3 Å². The average Bonchev–Trinajstić information content (AvgIpc) is 3.49. The van der Waals surface area contributed by atoms with Gasteiger partial charge < -0.3 is 28.4 Å². The van der Waals surface area contributed by atoms with E-state index in [0.29, 0.717) is 11.1 Å². The molecule has 7 aromatic rings. The van der Waals surface area contributed by atoms with Crippen molar-refractivity contribution in [1.82, 2.24) is 0 Å². The lowest BCUT2D eigenvalue weighted by Gasteiger charge is -2.12. The number of ether oxygens (including phenoxy) is 6. The van der Waals surface area contributed by atoms with Gasteiger partial charge in [-0.1, -0.05) is 195 Å². The summed E-state index contributed by atoms with van der Waals surface area (Å²) in [6.07, 6.45) is 25.8. The van der Waals surface area contributed by atoms with Crippen LogP contribution in [-0.4, -0.2) is 38.1 Å². The number of unbranched alkanes of at least 4 members (excludes halogenated alkanes) is 16. The lowest BCUT2D eigenvalue weighted by atomic mass is 10.00. The molecule has 7 aromatic carbocycles. The first-order valence-corrected chi connectivity index (χ1v) is 28.9. The number of esters is 4. The number of hydrogen-bond acceptors (Lipinski definition) is 10. The molecular formula is C70H78O10. The van der Waals surface area contributed by atoms with Crippen LogP contribution in [0.3, 0.4) is 0 Å². The molecule has 0 amide bonds. The first kappa shape index (κ1) is 59.7. The van der Waals surface area contributed by atoms with Gasteiger partial charge in [0.2, 0.25) is 0 Å². The normalized spacial score (nSPS) is 10.9. The molecule has 0 spiro atoms. The summed E-state index contributed by atoms with van der Waals surface area (Å²) >= 11 is 0. The summed E-state index contributed by atoms with van der Waals surface area (Å²) in [5.41, 5.74) is 7.72. The van der Waals surface area contributed by atoms with Crippen molar-refractivity contribution in [3.05, 3.63) is 191 Å². The van der Waals surface area contributed by atoms with Crippen LogP contribution in [0.2, 0.25) is 0 Å². The predicted molar refractivity (Wildman–Crippen MR) is 318 cm³/mol. The van der Waals surface area contributed by atoms with Crippen LogP contribution >= 0.6 is 0 Å². The van der Waals surface area contributed by atoms with Crippen LogP contribution in [0.1, 0.15) is 182 Å². The van der Waals surface area contributed by atoms with Gasteiger partial charge in [-0.15, -0.1) is 0 Å². The number of benzene rings is 7. The van der Waals surface area contributed by atoms with E-state index in [0.717, 1.165) is 35.1 Å². The summed E-state index contributed by atoms with van der Waals surface area (Å²) < 4.78 is 33.7. The highest BCUT2D eigenvalue weighted by Crippen LogP contribution is 2.33. The van der Waals surface area contributed by atoms with Gasteiger partial charge in [0.1, 0.15) is 11.5 Å². The summed E-state index contributed by atoms with van der Waals surface area (Å²) in [7, 11) is 2.81. The summed E-state index contributed by atoms with van der Waals surface area (Å²) in [6.45, 7) is 4.51. The minimum Gasteiger partial charge on any atom is -0.493 e. The maximum atomic E-state index is 13.4. The van der Waals surface area contributed by atoms with E-state index in [1.54, 1.807) is 42.5 Å². The second kappa shape index (κ2) is 32.2. The Labute approximate surface area is 473 Å². The molecule has 0 fully saturated rings. The third-order valence-corrected chi connectivity index (χ3v) is 14.4. The Morgan fingerprint density at radius 3 is 0.938 bits per heavy atom. The monoisotopic (exact) mass is 1080 g/mol. The molecule has 0 bridgehead atoms. The first-order valence-electron chi connectivity index (χ1n) is 28.9. The van der Waals surface area contributed by atoms with Gasteiger partial charge in [-0.2, -0.15) is 0 Å². The van der Waals surface area contributed by atoms with E-state index >= 15 is 0 Å². The average molecular weight is 1080 g/mol. The van der Waals surface area contributed by atoms with Gasteiger partial charge in [0.15, 0.2) is 23.0 Å². The van der Waals surface area contributed by atoms with E-state index in [9.17, 15) is 19.2 Å². The minimum absolute atomic E-state index is 0.105. The highest BCUT2D eigenvalue weighted by Gasteiger charge is 2.20. The van der Waals surface area contributed by atoms with Gasteiger partial charge in [0, 0.05) is 6.07 Å². The highest BCUT2D eigenvalue weighted by atomic mass is 16.6. The topological polar surface area (TPSA) is 124 Å². The van der Waals surface area contributed by atoms with Crippen LogP contribution in [0.25, 0.3) is 22.3 Å². The molecule has 0 N–H and O–H groups in total. The third-order valence-electron chi connectivity index (χ3n) is 14.4. The number of hydrogen-bond donors (Lipinski definition) is 0. The number of aryl methyl sites for hydroxylation is 2. The Hall–Kier alpha value is -7.98. The maximum Gasteiger partial charge on any atom is 0.343 e.